The highest BCUT2D eigenvalue weighted by molar-refractivity contribution is 5.84. The highest BCUT2D eigenvalue weighted by Crippen LogP contribution is 2.08. The molecule has 0 saturated carbocycles. The maximum absolute atomic E-state index is 12.3. The van der Waals surface area contributed by atoms with E-state index in [-0.39, 0.29) is 19.1 Å². The Balaban J connectivity index is 1.96. The van der Waals surface area contributed by atoms with E-state index in [0.717, 1.165) is 5.56 Å². The molecule has 1 aromatic carbocycles. The van der Waals surface area contributed by atoms with Crippen LogP contribution in [0.3, 0.4) is 0 Å². The third-order valence-corrected chi connectivity index (χ3v) is 3.24. The molecule has 0 bridgehead atoms. The lowest BCUT2D eigenvalue weighted by Gasteiger charge is -2.28. The smallest absolute Gasteiger partial charge is 0.323 e. The van der Waals surface area contributed by atoms with Crippen molar-refractivity contribution in [3.8, 4) is 0 Å². The first-order valence-corrected chi connectivity index (χ1v) is 6.90. The predicted octanol–water partition coefficient (Wildman–Crippen LogP) is 0.558. The SMILES string of the molecule is O=C(O)CN(CCc1ccccc1)C(=O)C1COCCO1. The minimum atomic E-state index is -1.03. The fourth-order valence-corrected chi connectivity index (χ4v) is 2.17. The summed E-state index contributed by atoms with van der Waals surface area (Å²) in [5, 5.41) is 8.96. The minimum Gasteiger partial charge on any atom is -0.480 e. The van der Waals surface area contributed by atoms with Crippen molar-refractivity contribution >= 4 is 11.9 Å². The Morgan fingerprint density at radius 3 is 2.62 bits per heavy atom. The molecule has 0 radical (unpaired) electrons. The van der Waals surface area contributed by atoms with Crippen molar-refractivity contribution in [1.82, 2.24) is 4.90 Å². The van der Waals surface area contributed by atoms with E-state index in [2.05, 4.69) is 0 Å². The Hall–Kier alpha value is -1.92. The number of amides is 1. The van der Waals surface area contributed by atoms with Gasteiger partial charge in [-0.15, -0.1) is 0 Å². The summed E-state index contributed by atoms with van der Waals surface area (Å²) in [6.07, 6.45) is -0.0955. The van der Waals surface area contributed by atoms with Crippen LogP contribution in [0.4, 0.5) is 0 Å². The van der Waals surface area contributed by atoms with Crippen LogP contribution in [0.2, 0.25) is 0 Å². The van der Waals surface area contributed by atoms with Gasteiger partial charge in [0.05, 0.1) is 19.8 Å². The largest absolute Gasteiger partial charge is 0.480 e. The second-order valence-electron chi connectivity index (χ2n) is 4.82. The van der Waals surface area contributed by atoms with Crippen molar-refractivity contribution in [1.29, 1.82) is 0 Å². The lowest BCUT2D eigenvalue weighted by molar-refractivity contribution is -0.161. The van der Waals surface area contributed by atoms with Crippen molar-refractivity contribution in [2.75, 3.05) is 32.9 Å². The zero-order chi connectivity index (χ0) is 15.1. The van der Waals surface area contributed by atoms with Crippen molar-refractivity contribution in [3.63, 3.8) is 0 Å². The van der Waals surface area contributed by atoms with E-state index < -0.39 is 12.1 Å². The van der Waals surface area contributed by atoms with E-state index in [0.29, 0.717) is 26.2 Å². The summed E-state index contributed by atoms with van der Waals surface area (Å²) in [6, 6.07) is 9.64. The molecule has 6 heteroatoms. The Labute approximate surface area is 123 Å². The standard InChI is InChI=1S/C15H19NO5/c17-14(18)10-16(7-6-12-4-2-1-3-5-12)15(19)13-11-20-8-9-21-13/h1-5,13H,6-11H2,(H,17,18). The number of nitrogens with zero attached hydrogens (tertiary/aromatic N) is 1. The highest BCUT2D eigenvalue weighted by atomic mass is 16.6. The molecule has 6 nitrogen and oxygen atoms in total. The molecule has 0 spiro atoms. The van der Waals surface area contributed by atoms with E-state index in [1.54, 1.807) is 0 Å². The van der Waals surface area contributed by atoms with Crippen LogP contribution in [0.5, 0.6) is 0 Å². The minimum absolute atomic E-state index is 0.181. The van der Waals surface area contributed by atoms with Crippen molar-refractivity contribution in [3.05, 3.63) is 35.9 Å². The molecule has 0 aromatic heterocycles. The summed E-state index contributed by atoms with van der Waals surface area (Å²) in [5.74, 6) is -1.36. The van der Waals surface area contributed by atoms with E-state index in [4.69, 9.17) is 14.6 Å². The summed E-state index contributed by atoms with van der Waals surface area (Å²) >= 11 is 0. The summed E-state index contributed by atoms with van der Waals surface area (Å²) in [4.78, 5) is 24.6. The summed E-state index contributed by atoms with van der Waals surface area (Å²) in [5.41, 5.74) is 1.06. The van der Waals surface area contributed by atoms with Gasteiger partial charge < -0.3 is 19.5 Å². The number of benzene rings is 1. The molecule has 1 atom stereocenters. The van der Waals surface area contributed by atoms with Crippen LogP contribution in [-0.2, 0) is 25.5 Å². The molecule has 1 unspecified atom stereocenters. The second-order valence-corrected chi connectivity index (χ2v) is 4.82. The average Bonchev–Trinajstić information content (AvgIpc) is 2.52. The fourth-order valence-electron chi connectivity index (χ4n) is 2.17. The summed E-state index contributed by atoms with van der Waals surface area (Å²) in [7, 11) is 0. The third kappa shape index (κ3) is 4.84. The van der Waals surface area contributed by atoms with Gasteiger partial charge in [0.25, 0.3) is 5.91 Å². The van der Waals surface area contributed by atoms with Gasteiger partial charge in [-0.1, -0.05) is 30.3 Å². The Bertz CT molecular complexity index is 470. The van der Waals surface area contributed by atoms with E-state index in [9.17, 15) is 9.59 Å². The van der Waals surface area contributed by atoms with Gasteiger partial charge >= 0.3 is 5.97 Å². The van der Waals surface area contributed by atoms with Crippen LogP contribution in [0.25, 0.3) is 0 Å². The van der Waals surface area contributed by atoms with Gasteiger partial charge in [0, 0.05) is 6.54 Å². The van der Waals surface area contributed by atoms with Crippen molar-refractivity contribution in [2.24, 2.45) is 0 Å². The fraction of sp³-hybridized carbons (Fsp3) is 0.467. The van der Waals surface area contributed by atoms with Gasteiger partial charge in [0.1, 0.15) is 6.54 Å². The number of hydrogen-bond acceptors (Lipinski definition) is 4. The van der Waals surface area contributed by atoms with Crippen LogP contribution in [0.15, 0.2) is 30.3 Å². The topological polar surface area (TPSA) is 76.1 Å². The van der Waals surface area contributed by atoms with Crippen molar-refractivity contribution < 1.29 is 24.2 Å². The maximum atomic E-state index is 12.3. The zero-order valence-electron chi connectivity index (χ0n) is 11.7. The molecule has 1 saturated heterocycles. The summed E-state index contributed by atoms with van der Waals surface area (Å²) < 4.78 is 10.5. The molecule has 114 valence electrons. The molecule has 2 rings (SSSR count). The zero-order valence-corrected chi connectivity index (χ0v) is 11.7. The Morgan fingerprint density at radius 2 is 2.00 bits per heavy atom. The van der Waals surface area contributed by atoms with Crippen molar-refractivity contribution in [2.45, 2.75) is 12.5 Å². The van der Waals surface area contributed by atoms with Crippen LogP contribution in [0.1, 0.15) is 5.56 Å². The number of carboxylic acids is 1. The number of aliphatic carboxylic acids is 1. The van der Waals surface area contributed by atoms with Gasteiger partial charge in [0.15, 0.2) is 6.10 Å². The molecule has 1 fully saturated rings. The molecular weight excluding hydrogens is 274 g/mol. The lowest BCUT2D eigenvalue weighted by atomic mass is 10.1. The second kappa shape index (κ2) is 7.75. The first-order chi connectivity index (χ1) is 10.2. The van der Waals surface area contributed by atoms with Gasteiger partial charge in [0.2, 0.25) is 0 Å². The number of carbonyl (C=O) groups is 2. The lowest BCUT2D eigenvalue weighted by Crippen LogP contribution is -2.47. The summed E-state index contributed by atoms with van der Waals surface area (Å²) in [6.45, 7) is 1.02. The number of carbonyl (C=O) groups excluding carboxylic acids is 1. The average molecular weight is 293 g/mol. The first-order valence-electron chi connectivity index (χ1n) is 6.90. The van der Waals surface area contributed by atoms with Gasteiger partial charge in [-0.2, -0.15) is 0 Å². The molecule has 0 aliphatic carbocycles. The Morgan fingerprint density at radius 1 is 1.24 bits per heavy atom. The van der Waals surface area contributed by atoms with Gasteiger partial charge in [-0.25, -0.2) is 0 Å². The van der Waals surface area contributed by atoms with Gasteiger partial charge in [-0.05, 0) is 12.0 Å². The molecular formula is C15H19NO5. The predicted molar refractivity (Wildman–Crippen MR) is 74.9 cm³/mol. The molecule has 1 amide bonds. The third-order valence-electron chi connectivity index (χ3n) is 3.24. The molecule has 1 aromatic rings. The normalized spacial score (nSPS) is 18.2. The van der Waals surface area contributed by atoms with E-state index >= 15 is 0 Å². The van der Waals surface area contributed by atoms with E-state index in [1.807, 2.05) is 30.3 Å². The van der Waals surface area contributed by atoms with Crippen LogP contribution < -0.4 is 0 Å². The molecule has 1 N–H and O–H groups in total. The molecule has 21 heavy (non-hydrogen) atoms. The monoisotopic (exact) mass is 293 g/mol. The molecule has 1 aliphatic heterocycles. The number of ether oxygens (including phenoxy) is 2. The van der Waals surface area contributed by atoms with Crippen LogP contribution >= 0.6 is 0 Å². The number of hydrogen-bond donors (Lipinski definition) is 1. The number of rotatable bonds is 6. The van der Waals surface area contributed by atoms with E-state index in [1.165, 1.54) is 4.90 Å². The number of carboxylic acid groups (broad SMARTS) is 1. The quantitative estimate of drug-likeness (QED) is 0.829. The highest BCUT2D eigenvalue weighted by Gasteiger charge is 2.28. The maximum Gasteiger partial charge on any atom is 0.323 e. The Kier molecular flexibility index (Phi) is 5.71. The molecule has 1 aliphatic rings. The first kappa shape index (κ1) is 15.5. The van der Waals surface area contributed by atoms with Crippen LogP contribution in [-0.4, -0.2) is 60.9 Å². The van der Waals surface area contributed by atoms with Gasteiger partial charge in [-0.3, -0.25) is 9.59 Å². The van der Waals surface area contributed by atoms with Crippen LogP contribution in [0, 0.1) is 0 Å². The molecule has 1 heterocycles.